The van der Waals surface area contributed by atoms with Gasteiger partial charge in [0, 0.05) is 16.2 Å². The molecule has 0 saturated heterocycles. The molecule has 4 nitrogen and oxygen atoms in total. The van der Waals surface area contributed by atoms with Gasteiger partial charge in [0.2, 0.25) is 0 Å². The first-order valence-corrected chi connectivity index (χ1v) is 4.72. The standard InChI is InChI=1S/C9H8BF3N3O.K/c1-6-7(4-10(11,12)13)2-9(15-16-14)3-8(6)5-17;/h2-3,5H,4H2,1H3;/q-1;+1. The first-order valence-electron chi connectivity index (χ1n) is 4.72. The first-order chi connectivity index (χ1) is 7.87. The van der Waals surface area contributed by atoms with Crippen molar-refractivity contribution in [1.82, 2.24) is 0 Å². The van der Waals surface area contributed by atoms with Gasteiger partial charge in [-0.05, 0) is 24.1 Å². The van der Waals surface area contributed by atoms with Gasteiger partial charge in [-0.2, -0.15) is 0 Å². The van der Waals surface area contributed by atoms with Crippen LogP contribution in [0.15, 0.2) is 17.2 Å². The minimum absolute atomic E-state index is 0. The molecule has 0 heterocycles. The molecule has 1 aromatic rings. The quantitative estimate of drug-likeness (QED) is 0.263. The summed E-state index contributed by atoms with van der Waals surface area (Å²) in [5, 5.41) is 3.21. The van der Waals surface area contributed by atoms with Crippen LogP contribution in [-0.4, -0.2) is 13.3 Å². The molecule has 0 N–H and O–H groups in total. The Balaban J connectivity index is 0.00000289. The minimum Gasteiger partial charge on any atom is -0.449 e. The molecule has 0 spiro atoms. The van der Waals surface area contributed by atoms with Gasteiger partial charge in [-0.3, -0.25) is 4.79 Å². The van der Waals surface area contributed by atoms with Crippen molar-refractivity contribution >= 4 is 19.0 Å². The van der Waals surface area contributed by atoms with Crippen molar-refractivity contribution in [2.45, 2.75) is 13.2 Å². The van der Waals surface area contributed by atoms with Gasteiger partial charge in [0.1, 0.15) is 6.29 Å². The largest absolute Gasteiger partial charge is 1.00 e. The molecular weight excluding hydrogens is 273 g/mol. The SMILES string of the molecule is Cc1c(C=O)cc(N=[N+]=[N-])cc1C[B-](F)(F)F.[K+]. The fourth-order valence-corrected chi connectivity index (χ4v) is 1.47. The van der Waals surface area contributed by atoms with E-state index in [1.807, 2.05) is 0 Å². The van der Waals surface area contributed by atoms with Gasteiger partial charge < -0.3 is 12.9 Å². The number of rotatable bonds is 4. The normalized spacial score (nSPS) is 10.2. The minimum atomic E-state index is -5.00. The number of carbonyl (C=O) groups is 1. The molecule has 0 unspecified atom stereocenters. The van der Waals surface area contributed by atoms with Crippen LogP contribution < -0.4 is 51.4 Å². The number of halogens is 3. The Morgan fingerprint density at radius 3 is 2.50 bits per heavy atom. The van der Waals surface area contributed by atoms with Crippen molar-refractivity contribution in [3.05, 3.63) is 39.3 Å². The summed E-state index contributed by atoms with van der Waals surface area (Å²) >= 11 is 0. The predicted molar refractivity (Wildman–Crippen MR) is 58.2 cm³/mol. The van der Waals surface area contributed by atoms with E-state index in [0.717, 1.165) is 6.07 Å². The molecule has 0 saturated carbocycles. The van der Waals surface area contributed by atoms with E-state index in [1.54, 1.807) is 0 Å². The monoisotopic (exact) mass is 281 g/mol. The molecule has 0 radical (unpaired) electrons. The number of carbonyl (C=O) groups excluding carboxylic acids is 1. The van der Waals surface area contributed by atoms with Crippen molar-refractivity contribution in [2.24, 2.45) is 5.11 Å². The topological polar surface area (TPSA) is 65.8 Å². The van der Waals surface area contributed by atoms with Gasteiger partial charge in [0.25, 0.3) is 0 Å². The van der Waals surface area contributed by atoms with E-state index in [4.69, 9.17) is 5.53 Å². The van der Waals surface area contributed by atoms with Crippen LogP contribution >= 0.6 is 0 Å². The van der Waals surface area contributed by atoms with Gasteiger partial charge in [0.15, 0.2) is 0 Å². The number of hydrogen-bond donors (Lipinski definition) is 0. The van der Waals surface area contributed by atoms with Crippen LogP contribution in [0.1, 0.15) is 21.5 Å². The second kappa shape index (κ2) is 7.32. The summed E-state index contributed by atoms with van der Waals surface area (Å²) < 4.78 is 37.0. The average Bonchev–Trinajstić information content (AvgIpc) is 2.21. The maximum atomic E-state index is 12.3. The number of benzene rings is 1. The van der Waals surface area contributed by atoms with Crippen LogP contribution in [0.3, 0.4) is 0 Å². The van der Waals surface area contributed by atoms with Crippen LogP contribution in [0.25, 0.3) is 10.4 Å². The van der Waals surface area contributed by atoms with E-state index < -0.39 is 13.3 Å². The van der Waals surface area contributed by atoms with Gasteiger partial charge in [-0.15, -0.1) is 0 Å². The molecule has 0 bridgehead atoms. The zero-order valence-corrected chi connectivity index (χ0v) is 13.0. The Morgan fingerprint density at radius 2 is 2.06 bits per heavy atom. The van der Waals surface area contributed by atoms with Crippen LogP contribution in [-0.2, 0) is 6.32 Å². The van der Waals surface area contributed by atoms with Crippen LogP contribution in [0.4, 0.5) is 18.6 Å². The van der Waals surface area contributed by atoms with Gasteiger partial charge in [-0.25, -0.2) is 0 Å². The van der Waals surface area contributed by atoms with Gasteiger partial charge >= 0.3 is 58.4 Å². The molecule has 0 fully saturated rings. The molecule has 18 heavy (non-hydrogen) atoms. The first kappa shape index (κ1) is 17.7. The van der Waals surface area contributed by atoms with E-state index in [-0.39, 0.29) is 73.8 Å². The third-order valence-electron chi connectivity index (χ3n) is 2.28. The second-order valence-electron chi connectivity index (χ2n) is 3.54. The maximum absolute atomic E-state index is 12.3. The molecule has 0 amide bonds. The Labute approximate surface area is 144 Å². The Bertz CT molecular complexity index is 501. The third-order valence-corrected chi connectivity index (χ3v) is 2.28. The molecule has 0 aliphatic rings. The molecular formula is C9H8BF3KN3O. The van der Waals surface area contributed by atoms with Crippen molar-refractivity contribution < 1.29 is 69.1 Å². The third kappa shape index (κ3) is 5.13. The predicted octanol–water partition coefficient (Wildman–Crippen LogP) is 0.682. The van der Waals surface area contributed by atoms with E-state index in [2.05, 4.69) is 10.0 Å². The zero-order chi connectivity index (χ0) is 13.1. The van der Waals surface area contributed by atoms with Gasteiger partial charge in [0.05, 0.1) is 0 Å². The Kier molecular flexibility index (Phi) is 7.20. The van der Waals surface area contributed by atoms with E-state index >= 15 is 0 Å². The summed E-state index contributed by atoms with van der Waals surface area (Å²) in [5.41, 5.74) is 8.56. The molecule has 0 aliphatic carbocycles. The molecule has 0 atom stereocenters. The fraction of sp³-hybridized carbons (Fsp3) is 0.222. The van der Waals surface area contributed by atoms with Crippen molar-refractivity contribution in [2.75, 3.05) is 0 Å². The van der Waals surface area contributed by atoms with E-state index in [9.17, 15) is 17.7 Å². The summed E-state index contributed by atoms with van der Waals surface area (Å²) in [4.78, 5) is 13.2. The van der Waals surface area contributed by atoms with Crippen LogP contribution in [0, 0.1) is 6.92 Å². The summed E-state index contributed by atoms with van der Waals surface area (Å²) in [5.74, 6) is 0. The van der Waals surface area contributed by atoms with Crippen LogP contribution in [0.5, 0.6) is 0 Å². The van der Waals surface area contributed by atoms with Gasteiger partial charge in [-0.1, -0.05) is 23.1 Å². The number of nitrogens with zero attached hydrogens (tertiary/aromatic N) is 3. The summed E-state index contributed by atoms with van der Waals surface area (Å²) in [6.45, 7) is -3.57. The molecule has 1 aromatic carbocycles. The fourth-order valence-electron chi connectivity index (χ4n) is 1.47. The molecule has 90 valence electrons. The molecule has 9 heteroatoms. The molecule has 1 rings (SSSR count). The Hall–Kier alpha value is -0.309. The molecule has 0 aromatic heterocycles. The number of hydrogen-bond acceptors (Lipinski definition) is 2. The average molecular weight is 281 g/mol. The smallest absolute Gasteiger partial charge is 0.449 e. The van der Waals surface area contributed by atoms with Crippen LogP contribution in [0.2, 0.25) is 0 Å². The molecule has 0 aliphatic heterocycles. The van der Waals surface area contributed by atoms with E-state index in [1.165, 1.54) is 13.0 Å². The second-order valence-corrected chi connectivity index (χ2v) is 3.54. The summed E-state index contributed by atoms with van der Waals surface area (Å²) in [7, 11) is 0. The van der Waals surface area contributed by atoms with Crippen molar-refractivity contribution in [3.8, 4) is 0 Å². The Morgan fingerprint density at radius 1 is 1.44 bits per heavy atom. The maximum Gasteiger partial charge on any atom is 1.00 e. The summed E-state index contributed by atoms with van der Waals surface area (Å²) in [6.07, 6.45) is -0.653. The van der Waals surface area contributed by atoms with E-state index in [0.29, 0.717) is 6.29 Å². The van der Waals surface area contributed by atoms with Crippen molar-refractivity contribution in [3.63, 3.8) is 0 Å². The number of aldehydes is 1. The summed E-state index contributed by atoms with van der Waals surface area (Å²) in [6, 6.07) is 2.41. The van der Waals surface area contributed by atoms with Crippen molar-refractivity contribution in [1.29, 1.82) is 0 Å². The zero-order valence-electron chi connectivity index (χ0n) is 9.90. The number of azide groups is 1.